The summed E-state index contributed by atoms with van der Waals surface area (Å²) in [6, 6.07) is -0.904. The fourth-order valence-electron chi connectivity index (χ4n) is 3.89. The topological polar surface area (TPSA) is 147 Å². The number of imidazole rings is 1. The van der Waals surface area contributed by atoms with E-state index < -0.39 is 50.1 Å². The number of rotatable bonds is 10. The minimum atomic E-state index is -3.55. The highest BCUT2D eigenvalue weighted by atomic mass is 31.2. The molecular formula is C21H33FN5O7P. The Labute approximate surface area is 203 Å². The molecule has 196 valence electrons. The highest BCUT2D eigenvalue weighted by Gasteiger charge is 2.56. The normalized spacial score (nSPS) is 27.2. The van der Waals surface area contributed by atoms with Crippen molar-refractivity contribution in [3.8, 4) is 5.88 Å². The number of aryl methyl sites for hydroxylation is 1. The van der Waals surface area contributed by atoms with Gasteiger partial charge in [0.25, 0.3) is 7.52 Å². The minimum Gasteiger partial charge on any atom is -0.479 e. The second-order valence-corrected chi connectivity index (χ2v) is 11.4. The molecule has 12 nitrogen and oxygen atoms in total. The lowest BCUT2D eigenvalue weighted by Crippen LogP contribution is -2.42. The van der Waals surface area contributed by atoms with E-state index in [4.69, 9.17) is 18.7 Å². The highest BCUT2D eigenvalue weighted by molar-refractivity contribution is 7.56. The summed E-state index contributed by atoms with van der Waals surface area (Å²) >= 11 is 0. The van der Waals surface area contributed by atoms with Gasteiger partial charge in [-0.15, -0.1) is 0 Å². The van der Waals surface area contributed by atoms with Crippen LogP contribution in [0, 0.1) is 12.3 Å². The van der Waals surface area contributed by atoms with Crippen molar-refractivity contribution in [3.63, 3.8) is 0 Å². The van der Waals surface area contributed by atoms with Crippen LogP contribution in [0.2, 0.25) is 0 Å². The van der Waals surface area contributed by atoms with E-state index in [1.54, 1.807) is 20.8 Å². The summed E-state index contributed by atoms with van der Waals surface area (Å²) < 4.78 is 52.1. The number of ether oxygens (including phenoxy) is 3. The largest absolute Gasteiger partial charge is 0.479 e. The van der Waals surface area contributed by atoms with Gasteiger partial charge < -0.3 is 23.8 Å². The van der Waals surface area contributed by atoms with Crippen LogP contribution in [0.1, 0.15) is 39.7 Å². The average molecular weight is 517 g/mol. The SMILES string of the molecule is COc1nc(C)nc2c1ncn2[C@@H]1O[C@H](CO)C(C)(COP(C)(=O)N[C@@H](C)C(=O)OC(C)C)[C@H]1F. The predicted molar refractivity (Wildman–Crippen MR) is 124 cm³/mol. The van der Waals surface area contributed by atoms with Gasteiger partial charge in [-0.05, 0) is 27.7 Å². The summed E-state index contributed by atoms with van der Waals surface area (Å²) in [5.74, 6) is 0.0578. The van der Waals surface area contributed by atoms with Crippen molar-refractivity contribution in [2.45, 2.75) is 65.3 Å². The Morgan fingerprint density at radius 2 is 2.09 bits per heavy atom. The number of nitrogens with zero attached hydrogens (tertiary/aromatic N) is 4. The number of nitrogens with one attached hydrogen (secondary N) is 1. The van der Waals surface area contributed by atoms with Crippen LogP contribution in [0.3, 0.4) is 0 Å². The maximum absolute atomic E-state index is 15.9. The molecule has 2 aromatic heterocycles. The van der Waals surface area contributed by atoms with Crippen molar-refractivity contribution in [2.24, 2.45) is 5.41 Å². The van der Waals surface area contributed by atoms with E-state index in [-0.39, 0.29) is 18.6 Å². The van der Waals surface area contributed by atoms with Crippen molar-refractivity contribution < 1.29 is 37.6 Å². The Kier molecular flexibility index (Phi) is 8.17. The molecular weight excluding hydrogens is 484 g/mol. The van der Waals surface area contributed by atoms with Gasteiger partial charge in [-0.1, -0.05) is 6.92 Å². The molecule has 0 bridgehead atoms. The zero-order valence-electron chi connectivity index (χ0n) is 20.9. The van der Waals surface area contributed by atoms with Crippen molar-refractivity contribution in [1.29, 1.82) is 0 Å². The number of alkyl halides is 1. The first-order valence-corrected chi connectivity index (χ1v) is 13.3. The number of methoxy groups -OCH3 is 1. The number of carbonyl (C=O) groups excluding carboxylic acids is 1. The summed E-state index contributed by atoms with van der Waals surface area (Å²) in [4.78, 5) is 24.8. The van der Waals surface area contributed by atoms with Crippen LogP contribution in [0.25, 0.3) is 11.2 Å². The van der Waals surface area contributed by atoms with Crippen LogP contribution < -0.4 is 9.82 Å². The third-order valence-electron chi connectivity index (χ3n) is 5.81. The van der Waals surface area contributed by atoms with Gasteiger partial charge in [0.2, 0.25) is 5.88 Å². The van der Waals surface area contributed by atoms with Crippen LogP contribution in [-0.2, 0) is 23.4 Å². The molecule has 1 aliphatic rings. The van der Waals surface area contributed by atoms with Gasteiger partial charge in [0.05, 0.1) is 44.3 Å². The summed E-state index contributed by atoms with van der Waals surface area (Å²) in [5.41, 5.74) is -0.731. The molecule has 3 rings (SSSR count). The molecule has 0 radical (unpaired) electrons. The third kappa shape index (κ3) is 5.64. The van der Waals surface area contributed by atoms with E-state index in [0.717, 1.165) is 0 Å². The molecule has 0 spiro atoms. The smallest absolute Gasteiger partial charge is 0.323 e. The number of carbonyl (C=O) groups is 1. The number of hydrogen-bond acceptors (Lipinski definition) is 10. The molecule has 0 aromatic carbocycles. The van der Waals surface area contributed by atoms with Crippen LogP contribution >= 0.6 is 7.52 Å². The first kappa shape index (κ1) is 27.4. The van der Waals surface area contributed by atoms with Crippen molar-refractivity contribution in [3.05, 3.63) is 12.2 Å². The fraction of sp³-hybridized carbons (Fsp3) is 0.714. The molecule has 2 unspecified atom stereocenters. The summed E-state index contributed by atoms with van der Waals surface area (Å²) in [7, 11) is -2.11. The van der Waals surface area contributed by atoms with Crippen molar-refractivity contribution in [2.75, 3.05) is 27.0 Å². The maximum Gasteiger partial charge on any atom is 0.323 e. The lowest BCUT2D eigenvalue weighted by Gasteiger charge is -2.31. The number of aromatic nitrogens is 4. The standard InChI is InChI=1S/C21H33FN5O7P/c1-11(2)33-20(29)12(3)26-35(7,30)32-9-21(5)14(8-28)34-19(16(21)22)27-10-23-15-17(27)24-13(4)25-18(15)31-6/h10-12,14,16,19,28H,8-9H2,1-7H3,(H,26,30)/t12-,14+,16-,19+,21?,35?/m0/s1. The molecule has 14 heteroatoms. The molecule has 1 fully saturated rings. The van der Waals surface area contributed by atoms with Gasteiger partial charge in [-0.2, -0.15) is 4.98 Å². The number of hydrogen-bond donors (Lipinski definition) is 2. The Hall–Kier alpha value is -2.18. The third-order valence-corrected chi connectivity index (χ3v) is 7.29. The molecule has 2 N–H and O–H groups in total. The zero-order chi connectivity index (χ0) is 26.1. The lowest BCUT2D eigenvalue weighted by molar-refractivity contribution is -0.149. The van der Waals surface area contributed by atoms with Crippen molar-refractivity contribution in [1.82, 2.24) is 24.6 Å². The van der Waals surface area contributed by atoms with E-state index in [1.165, 1.54) is 38.5 Å². The van der Waals surface area contributed by atoms with Gasteiger partial charge in [0.1, 0.15) is 11.9 Å². The number of halogens is 1. The Morgan fingerprint density at radius 3 is 2.69 bits per heavy atom. The number of aliphatic hydroxyl groups is 1. The molecule has 0 aliphatic carbocycles. The summed E-state index contributed by atoms with van der Waals surface area (Å²) in [5, 5.41) is 12.6. The Morgan fingerprint density at radius 1 is 1.40 bits per heavy atom. The quantitative estimate of drug-likeness (QED) is 0.353. The van der Waals surface area contributed by atoms with Gasteiger partial charge in [0, 0.05) is 6.66 Å². The van der Waals surface area contributed by atoms with Crippen LogP contribution in [-0.4, -0.2) is 82.0 Å². The van der Waals surface area contributed by atoms with Crippen LogP contribution in [0.5, 0.6) is 5.88 Å². The second kappa shape index (κ2) is 10.4. The minimum absolute atomic E-state index is 0.243. The summed E-state index contributed by atoms with van der Waals surface area (Å²) in [6.07, 6.45) is -2.82. The number of fused-ring (bicyclic) bond motifs is 1. The molecule has 1 aliphatic heterocycles. The molecule has 1 saturated heterocycles. The molecule has 0 amide bonds. The fourth-order valence-corrected chi connectivity index (χ4v) is 5.30. The monoisotopic (exact) mass is 517 g/mol. The van der Waals surface area contributed by atoms with Gasteiger partial charge >= 0.3 is 5.97 Å². The van der Waals surface area contributed by atoms with Crippen LogP contribution in [0.4, 0.5) is 4.39 Å². The predicted octanol–water partition coefficient (Wildman–Crippen LogP) is 2.15. The molecule has 2 aromatic rings. The molecule has 3 heterocycles. The van der Waals surface area contributed by atoms with E-state index >= 15 is 4.39 Å². The second-order valence-electron chi connectivity index (χ2n) is 9.17. The van der Waals surface area contributed by atoms with Gasteiger partial charge in [0.15, 0.2) is 23.6 Å². The van der Waals surface area contributed by atoms with Crippen molar-refractivity contribution >= 4 is 24.7 Å². The molecule has 35 heavy (non-hydrogen) atoms. The van der Waals surface area contributed by atoms with E-state index in [2.05, 4.69) is 20.0 Å². The zero-order valence-corrected chi connectivity index (χ0v) is 21.8. The van der Waals surface area contributed by atoms with E-state index in [9.17, 15) is 14.5 Å². The lowest BCUT2D eigenvalue weighted by atomic mass is 9.82. The number of esters is 1. The summed E-state index contributed by atoms with van der Waals surface area (Å²) in [6.45, 7) is 8.54. The maximum atomic E-state index is 15.9. The van der Waals surface area contributed by atoms with Gasteiger partial charge in [-0.25, -0.2) is 19.4 Å². The average Bonchev–Trinajstić information content (AvgIpc) is 3.30. The number of aliphatic hydroxyl groups excluding tert-OH is 1. The van der Waals surface area contributed by atoms with Gasteiger partial charge in [-0.3, -0.25) is 13.9 Å². The Bertz CT molecular complexity index is 1120. The first-order valence-electron chi connectivity index (χ1n) is 11.2. The van der Waals surface area contributed by atoms with Crippen LogP contribution in [0.15, 0.2) is 6.33 Å². The molecule has 0 saturated carbocycles. The first-order chi connectivity index (χ1) is 16.3. The van der Waals surface area contributed by atoms with E-state index in [0.29, 0.717) is 17.0 Å². The molecule has 6 atom stereocenters. The highest BCUT2D eigenvalue weighted by Crippen LogP contribution is 2.49. The Balaban J connectivity index is 1.80. The van der Waals surface area contributed by atoms with E-state index in [1.807, 2.05) is 0 Å².